The monoisotopic (exact) mass is 383 g/mol. The minimum absolute atomic E-state index is 0. The smallest absolute Gasteiger partial charge is 1.00 e. The van der Waals surface area contributed by atoms with Crippen molar-refractivity contribution in [3.8, 4) is 0 Å². The fourth-order valence-electron chi connectivity index (χ4n) is 3.70. The Kier molecular flexibility index (Phi) is 9.71. The van der Waals surface area contributed by atoms with E-state index in [2.05, 4.69) is 39.0 Å². The number of aliphatic carboxylic acids is 1. The molecule has 2 aliphatic rings. The Hall–Kier alpha value is -1.17. The number of amides is 2. The first kappa shape index (κ1) is 23.9. The summed E-state index contributed by atoms with van der Waals surface area (Å²) in [4.78, 5) is 36.4. The summed E-state index contributed by atoms with van der Waals surface area (Å²) in [6.07, 6.45) is 11.6. The molecular formula is C21H30NNaO4. The molecule has 0 spiro atoms. The average molecular weight is 383 g/mol. The second-order valence-electron chi connectivity index (χ2n) is 7.58. The van der Waals surface area contributed by atoms with Crippen LogP contribution in [-0.2, 0) is 14.4 Å². The predicted molar refractivity (Wildman–Crippen MR) is 101 cm³/mol. The maximum absolute atomic E-state index is 12.4. The van der Waals surface area contributed by atoms with E-state index in [-0.39, 0.29) is 54.6 Å². The van der Waals surface area contributed by atoms with Crippen molar-refractivity contribution in [1.29, 1.82) is 0 Å². The summed E-state index contributed by atoms with van der Waals surface area (Å²) in [6.45, 7) is 5.84. The molecule has 27 heavy (non-hydrogen) atoms. The minimum Gasteiger partial charge on any atom is -1.00 e. The molecule has 144 valence electrons. The number of allylic oxidation sites excluding steroid dienone is 6. The van der Waals surface area contributed by atoms with Crippen LogP contribution in [0.3, 0.4) is 0 Å². The summed E-state index contributed by atoms with van der Waals surface area (Å²) < 4.78 is 0. The molecule has 0 aromatic carbocycles. The van der Waals surface area contributed by atoms with Crippen LogP contribution in [0.4, 0.5) is 0 Å². The Morgan fingerprint density at radius 3 is 2.48 bits per heavy atom. The van der Waals surface area contributed by atoms with Crippen LogP contribution in [0.2, 0.25) is 0 Å². The van der Waals surface area contributed by atoms with Gasteiger partial charge in [-0.2, -0.15) is 0 Å². The third kappa shape index (κ3) is 6.74. The van der Waals surface area contributed by atoms with Gasteiger partial charge in [-0.25, -0.2) is 0 Å². The molecule has 0 aromatic rings. The predicted octanol–water partition coefficient (Wildman–Crippen LogP) is 0.982. The summed E-state index contributed by atoms with van der Waals surface area (Å²) in [5.74, 6) is -2.53. The van der Waals surface area contributed by atoms with Gasteiger partial charge in [0.05, 0.1) is 11.8 Å². The number of carboxylic acid groups (broad SMARTS) is 1. The summed E-state index contributed by atoms with van der Waals surface area (Å²) in [6, 6.07) is 0. The molecule has 5 nitrogen and oxygen atoms in total. The Morgan fingerprint density at radius 2 is 1.85 bits per heavy atom. The Bertz CT molecular complexity index is 680. The van der Waals surface area contributed by atoms with E-state index in [0.29, 0.717) is 12.8 Å². The largest absolute Gasteiger partial charge is 1.00 e. The summed E-state index contributed by atoms with van der Waals surface area (Å²) in [5, 5.41) is 8.89. The molecule has 2 amide bonds. The van der Waals surface area contributed by atoms with Gasteiger partial charge in [0.2, 0.25) is 11.8 Å². The zero-order valence-electron chi connectivity index (χ0n) is 18.0. The molecule has 1 aliphatic heterocycles. The molecular weight excluding hydrogens is 353 g/mol. The standard InChI is InChI=1S/C21H29NO4.Na.H/c1-14(2)6-4-7-15(3)8-5-9-16-10-11-17-18(12-16)21(26)22(20(17)25)13-19(23)24;;/h6,8,10,17-18H,4-5,7,9,11-13H2,1-3H3,(H,23,24);;/q;+1;-1. The molecule has 0 bridgehead atoms. The fourth-order valence-corrected chi connectivity index (χ4v) is 3.70. The second kappa shape index (κ2) is 11.0. The Morgan fingerprint density at radius 1 is 1.19 bits per heavy atom. The van der Waals surface area contributed by atoms with Crippen LogP contribution < -0.4 is 29.6 Å². The molecule has 2 atom stereocenters. The van der Waals surface area contributed by atoms with Crippen LogP contribution in [0.1, 0.15) is 60.7 Å². The zero-order valence-corrected chi connectivity index (χ0v) is 19.0. The number of hydrogen-bond acceptors (Lipinski definition) is 3. The maximum Gasteiger partial charge on any atom is 1.00 e. The third-order valence-corrected chi connectivity index (χ3v) is 5.14. The average Bonchev–Trinajstić information content (AvgIpc) is 2.79. The van der Waals surface area contributed by atoms with Gasteiger partial charge in [0.15, 0.2) is 0 Å². The van der Waals surface area contributed by atoms with E-state index in [1.807, 2.05) is 0 Å². The third-order valence-electron chi connectivity index (χ3n) is 5.14. The molecule has 1 N–H and O–H groups in total. The topological polar surface area (TPSA) is 74.7 Å². The van der Waals surface area contributed by atoms with Crippen molar-refractivity contribution in [2.75, 3.05) is 6.54 Å². The van der Waals surface area contributed by atoms with Crippen molar-refractivity contribution in [2.24, 2.45) is 11.8 Å². The van der Waals surface area contributed by atoms with E-state index in [4.69, 9.17) is 5.11 Å². The van der Waals surface area contributed by atoms with E-state index >= 15 is 0 Å². The van der Waals surface area contributed by atoms with Crippen molar-refractivity contribution < 1.29 is 50.5 Å². The first-order valence-electron chi connectivity index (χ1n) is 9.33. The number of carboxylic acids is 1. The molecule has 1 aliphatic carbocycles. The van der Waals surface area contributed by atoms with Gasteiger partial charge < -0.3 is 6.53 Å². The van der Waals surface area contributed by atoms with Gasteiger partial charge in [0, 0.05) is 0 Å². The molecule has 6 heteroatoms. The molecule has 2 rings (SSSR count). The summed E-state index contributed by atoms with van der Waals surface area (Å²) in [5.41, 5.74) is 3.92. The van der Waals surface area contributed by atoms with Crippen LogP contribution in [0.5, 0.6) is 0 Å². The maximum atomic E-state index is 12.4. The quantitative estimate of drug-likeness (QED) is 0.385. The number of hydrogen-bond donors (Lipinski definition) is 1. The molecule has 1 fully saturated rings. The summed E-state index contributed by atoms with van der Waals surface area (Å²) in [7, 11) is 0. The number of likely N-dealkylation sites (tertiary alicyclic amines) is 1. The number of rotatable bonds is 8. The Balaban J connectivity index is 0.00000364. The molecule has 2 unspecified atom stereocenters. The van der Waals surface area contributed by atoms with Crippen LogP contribution in [-0.4, -0.2) is 34.3 Å². The number of carbonyl (C=O) groups excluding carboxylic acids is 2. The first-order valence-corrected chi connectivity index (χ1v) is 9.33. The minimum atomic E-state index is -1.15. The van der Waals surface area contributed by atoms with E-state index < -0.39 is 12.5 Å². The number of carbonyl (C=O) groups is 3. The molecule has 0 aromatic heterocycles. The number of nitrogens with zero attached hydrogens (tertiary/aromatic N) is 1. The second-order valence-corrected chi connectivity index (χ2v) is 7.58. The van der Waals surface area contributed by atoms with Crippen molar-refractivity contribution in [2.45, 2.75) is 59.3 Å². The summed E-state index contributed by atoms with van der Waals surface area (Å²) >= 11 is 0. The SMILES string of the molecule is CC(C)=CCCC(C)=CCCC1=CCC2C(=O)N(CC(=O)O)C(=O)C2C1.[H-].[Na+]. The molecule has 1 saturated heterocycles. The van der Waals surface area contributed by atoms with Gasteiger partial charge in [0.1, 0.15) is 6.54 Å². The number of imide groups is 1. The number of fused-ring (bicyclic) bond motifs is 1. The van der Waals surface area contributed by atoms with Gasteiger partial charge in [-0.3, -0.25) is 19.3 Å². The van der Waals surface area contributed by atoms with Gasteiger partial charge in [0.25, 0.3) is 0 Å². The molecule has 1 heterocycles. The van der Waals surface area contributed by atoms with E-state index in [9.17, 15) is 14.4 Å². The fraction of sp³-hybridized carbons (Fsp3) is 0.571. The molecule has 0 radical (unpaired) electrons. The van der Waals surface area contributed by atoms with Crippen molar-refractivity contribution in [3.63, 3.8) is 0 Å². The zero-order chi connectivity index (χ0) is 19.3. The van der Waals surface area contributed by atoms with Crippen LogP contribution in [0.15, 0.2) is 34.9 Å². The first-order chi connectivity index (χ1) is 12.3. The van der Waals surface area contributed by atoms with Crippen molar-refractivity contribution in [3.05, 3.63) is 34.9 Å². The van der Waals surface area contributed by atoms with Crippen molar-refractivity contribution >= 4 is 17.8 Å². The van der Waals surface area contributed by atoms with Gasteiger partial charge in [-0.05, 0) is 59.3 Å². The van der Waals surface area contributed by atoms with Crippen LogP contribution in [0, 0.1) is 11.8 Å². The van der Waals surface area contributed by atoms with Gasteiger partial charge in [-0.1, -0.05) is 34.9 Å². The van der Waals surface area contributed by atoms with Crippen LogP contribution >= 0.6 is 0 Å². The van der Waals surface area contributed by atoms with Gasteiger partial charge >= 0.3 is 35.5 Å². The van der Waals surface area contributed by atoms with E-state index in [1.165, 1.54) is 16.7 Å². The van der Waals surface area contributed by atoms with Crippen LogP contribution in [0.25, 0.3) is 0 Å². The Labute approximate surface area is 185 Å². The van der Waals surface area contributed by atoms with Gasteiger partial charge in [-0.15, -0.1) is 0 Å². The van der Waals surface area contributed by atoms with Crippen molar-refractivity contribution in [1.82, 2.24) is 4.90 Å². The molecule has 0 saturated carbocycles. The van der Waals surface area contributed by atoms with E-state index in [0.717, 1.165) is 30.6 Å². The van der Waals surface area contributed by atoms with E-state index in [1.54, 1.807) is 0 Å². The normalized spacial score (nSPS) is 22.1.